The maximum Gasteiger partial charge on any atom is 0.164 e. The van der Waals surface area contributed by atoms with Crippen LogP contribution in [0.5, 0.6) is 0 Å². The van der Waals surface area contributed by atoms with E-state index in [1.54, 1.807) is 0 Å². The van der Waals surface area contributed by atoms with Crippen molar-refractivity contribution >= 4 is 74.9 Å². The third kappa shape index (κ3) is 5.25. The second-order valence-corrected chi connectivity index (χ2v) is 15.9. The molecule has 0 aliphatic carbocycles. The molecule has 0 unspecified atom stereocenters. The second kappa shape index (κ2) is 13.1. The number of thiophene rings is 1. The van der Waals surface area contributed by atoms with E-state index in [1.165, 1.54) is 69.1 Å². The summed E-state index contributed by atoms with van der Waals surface area (Å²) in [6.45, 7) is 0. The first-order valence-electron chi connectivity index (χ1n) is 19.5. The molecular weight excluding hydrogens is 725 g/mol. The lowest BCUT2D eigenvalue weighted by Gasteiger charge is -2.12. The van der Waals surface area contributed by atoms with Gasteiger partial charge in [-0.1, -0.05) is 146 Å². The molecule has 0 aliphatic heterocycles. The molecule has 4 nitrogen and oxygen atoms in total. The summed E-state index contributed by atoms with van der Waals surface area (Å²) in [5.74, 6) is 1.94. The Balaban J connectivity index is 1.07. The van der Waals surface area contributed by atoms with Crippen LogP contribution >= 0.6 is 11.3 Å². The SMILES string of the molecule is c1ccc(-c2nc(-c3ccccc3)nc(-c3ccc(-n4c5ccc(-c6ccc7ccccc7c6)cc5c5ccc6c(ccc7c8ccccc8sc76)c54)cc3)n2)cc1. The minimum Gasteiger partial charge on any atom is -0.309 e. The summed E-state index contributed by atoms with van der Waals surface area (Å²) in [4.78, 5) is 14.9. The van der Waals surface area contributed by atoms with Crippen molar-refractivity contribution in [1.29, 1.82) is 0 Å². The van der Waals surface area contributed by atoms with E-state index in [4.69, 9.17) is 15.0 Å². The molecule has 0 spiro atoms. The highest BCUT2D eigenvalue weighted by Gasteiger charge is 2.19. The number of benzene rings is 9. The first-order chi connectivity index (χ1) is 28.7. The van der Waals surface area contributed by atoms with Crippen molar-refractivity contribution in [3.63, 3.8) is 0 Å². The topological polar surface area (TPSA) is 43.6 Å². The maximum absolute atomic E-state index is 5.01. The molecule has 0 amide bonds. The minimum atomic E-state index is 0.638. The van der Waals surface area contributed by atoms with E-state index >= 15 is 0 Å². The molecule has 0 saturated heterocycles. The summed E-state index contributed by atoms with van der Waals surface area (Å²) < 4.78 is 5.08. The molecule has 0 radical (unpaired) electrons. The highest BCUT2D eigenvalue weighted by Crippen LogP contribution is 2.44. The van der Waals surface area contributed by atoms with E-state index in [-0.39, 0.29) is 0 Å². The lowest BCUT2D eigenvalue weighted by Crippen LogP contribution is -2.00. The molecule has 0 fully saturated rings. The van der Waals surface area contributed by atoms with Gasteiger partial charge in [-0.05, 0) is 70.4 Å². The van der Waals surface area contributed by atoms with Gasteiger partial charge in [0.2, 0.25) is 0 Å². The van der Waals surface area contributed by atoms with Crippen LogP contribution in [0.25, 0.3) is 115 Å². The fourth-order valence-electron chi connectivity index (χ4n) is 8.61. The molecule has 0 bridgehead atoms. The largest absolute Gasteiger partial charge is 0.309 e. The Morgan fingerprint density at radius 1 is 0.345 bits per heavy atom. The van der Waals surface area contributed by atoms with Gasteiger partial charge in [0.1, 0.15) is 0 Å². The molecule has 9 aromatic carbocycles. The summed E-state index contributed by atoms with van der Waals surface area (Å²) in [7, 11) is 0. The van der Waals surface area contributed by atoms with Gasteiger partial charge >= 0.3 is 0 Å². The summed E-state index contributed by atoms with van der Waals surface area (Å²) >= 11 is 1.88. The predicted molar refractivity (Wildman–Crippen MR) is 244 cm³/mol. The van der Waals surface area contributed by atoms with Crippen LogP contribution < -0.4 is 0 Å². The van der Waals surface area contributed by atoms with E-state index in [0.29, 0.717) is 17.5 Å². The summed E-state index contributed by atoms with van der Waals surface area (Å²) in [6.07, 6.45) is 0. The molecule has 5 heteroatoms. The fourth-order valence-corrected chi connectivity index (χ4v) is 9.84. The van der Waals surface area contributed by atoms with Crippen LogP contribution in [0, 0.1) is 0 Å². The van der Waals surface area contributed by atoms with E-state index in [2.05, 4.69) is 138 Å². The number of hydrogen-bond donors (Lipinski definition) is 0. The van der Waals surface area contributed by atoms with E-state index in [0.717, 1.165) is 27.9 Å². The average molecular weight is 757 g/mol. The number of nitrogens with zero attached hydrogens (tertiary/aromatic N) is 4. The third-order valence-electron chi connectivity index (χ3n) is 11.4. The molecule has 270 valence electrons. The number of aromatic nitrogens is 4. The van der Waals surface area contributed by atoms with Crippen LogP contribution in [0.3, 0.4) is 0 Å². The van der Waals surface area contributed by atoms with Gasteiger partial charge in [0.25, 0.3) is 0 Å². The zero-order valence-electron chi connectivity index (χ0n) is 31.2. The van der Waals surface area contributed by atoms with Crippen LogP contribution in [0.4, 0.5) is 0 Å². The second-order valence-electron chi connectivity index (χ2n) is 14.8. The Bertz CT molecular complexity index is 3490. The zero-order chi connectivity index (χ0) is 38.2. The Kier molecular flexibility index (Phi) is 7.37. The molecule has 0 N–H and O–H groups in total. The summed E-state index contributed by atoms with van der Waals surface area (Å²) in [5.41, 5.74) is 8.68. The number of hydrogen-bond acceptors (Lipinski definition) is 4. The Hall–Kier alpha value is -7.47. The van der Waals surface area contributed by atoms with E-state index in [1.807, 2.05) is 72.0 Å². The molecular formula is C53H32N4S. The van der Waals surface area contributed by atoms with Crippen LogP contribution in [0.15, 0.2) is 194 Å². The zero-order valence-corrected chi connectivity index (χ0v) is 32.0. The summed E-state index contributed by atoms with van der Waals surface area (Å²) in [5, 5.41) is 10.1. The monoisotopic (exact) mass is 756 g/mol. The van der Waals surface area contributed by atoms with Gasteiger partial charge in [-0.2, -0.15) is 0 Å². The normalized spacial score (nSPS) is 11.8. The first kappa shape index (κ1) is 32.7. The van der Waals surface area contributed by atoms with Crippen molar-refractivity contribution in [1.82, 2.24) is 19.5 Å². The molecule has 3 heterocycles. The van der Waals surface area contributed by atoms with Gasteiger partial charge in [0, 0.05) is 64.1 Å². The van der Waals surface area contributed by atoms with Crippen molar-refractivity contribution in [3.05, 3.63) is 194 Å². The van der Waals surface area contributed by atoms with Gasteiger partial charge in [-0.3, -0.25) is 0 Å². The number of rotatable bonds is 5. The Morgan fingerprint density at radius 3 is 1.57 bits per heavy atom. The standard InChI is InChI=1S/C53H32N4S/c1-3-12-34(13-4-1)51-54-52(35-14-5-2-6-15-35)56-53(55-51)36-21-24-40(25-22-36)57-47-30-23-39(38-20-19-33-11-7-8-16-37(33)31-38)32-46(47)43-27-29-45-42(49(43)57)26-28-44-41-17-9-10-18-48(41)58-50(44)45/h1-32H. The molecule has 12 rings (SSSR count). The lowest BCUT2D eigenvalue weighted by atomic mass is 9.99. The molecule has 3 aromatic heterocycles. The quantitative estimate of drug-likeness (QED) is 0.176. The van der Waals surface area contributed by atoms with Crippen LogP contribution in [0.2, 0.25) is 0 Å². The Labute approximate surface area is 338 Å². The molecule has 0 atom stereocenters. The van der Waals surface area contributed by atoms with Crippen LogP contribution in [-0.4, -0.2) is 19.5 Å². The van der Waals surface area contributed by atoms with Gasteiger partial charge < -0.3 is 4.57 Å². The summed E-state index contributed by atoms with van der Waals surface area (Å²) in [6, 6.07) is 69.3. The van der Waals surface area contributed by atoms with Crippen molar-refractivity contribution in [2.45, 2.75) is 0 Å². The van der Waals surface area contributed by atoms with Crippen molar-refractivity contribution in [2.24, 2.45) is 0 Å². The van der Waals surface area contributed by atoms with Crippen molar-refractivity contribution in [3.8, 4) is 51.0 Å². The molecule has 0 saturated carbocycles. The lowest BCUT2D eigenvalue weighted by molar-refractivity contribution is 1.07. The Morgan fingerprint density at radius 2 is 0.862 bits per heavy atom. The first-order valence-corrected chi connectivity index (χ1v) is 20.3. The maximum atomic E-state index is 5.01. The van der Waals surface area contributed by atoms with Crippen LogP contribution in [0.1, 0.15) is 0 Å². The molecule has 0 aliphatic rings. The highest BCUT2D eigenvalue weighted by molar-refractivity contribution is 7.26. The van der Waals surface area contributed by atoms with Crippen molar-refractivity contribution < 1.29 is 0 Å². The molecule has 12 aromatic rings. The predicted octanol–water partition coefficient (Wildman–Crippen LogP) is 14.3. The van der Waals surface area contributed by atoms with Crippen LogP contribution in [-0.2, 0) is 0 Å². The number of fused-ring (bicyclic) bond motifs is 10. The molecule has 58 heavy (non-hydrogen) atoms. The van der Waals surface area contributed by atoms with Gasteiger partial charge in [-0.15, -0.1) is 11.3 Å². The average Bonchev–Trinajstić information content (AvgIpc) is 3.85. The third-order valence-corrected chi connectivity index (χ3v) is 12.6. The van der Waals surface area contributed by atoms with Gasteiger partial charge in [0.05, 0.1) is 11.0 Å². The smallest absolute Gasteiger partial charge is 0.164 e. The minimum absolute atomic E-state index is 0.638. The van der Waals surface area contributed by atoms with E-state index < -0.39 is 0 Å². The van der Waals surface area contributed by atoms with Gasteiger partial charge in [0.15, 0.2) is 17.5 Å². The van der Waals surface area contributed by atoms with Crippen molar-refractivity contribution in [2.75, 3.05) is 0 Å². The fraction of sp³-hybridized carbons (Fsp3) is 0. The van der Waals surface area contributed by atoms with E-state index in [9.17, 15) is 0 Å². The highest BCUT2D eigenvalue weighted by atomic mass is 32.1. The van der Waals surface area contributed by atoms with Gasteiger partial charge in [-0.25, -0.2) is 15.0 Å².